The van der Waals surface area contributed by atoms with Gasteiger partial charge in [-0.2, -0.15) is 4.31 Å². The fraction of sp³-hybridized carbons (Fsp3) is 0.462. The molecule has 0 spiro atoms. The molecule has 7 heteroatoms. The van der Waals surface area contributed by atoms with Gasteiger partial charge >= 0.3 is 5.97 Å². The molecule has 1 aromatic carbocycles. The first-order chi connectivity index (χ1) is 9.21. The van der Waals surface area contributed by atoms with Crippen molar-refractivity contribution in [3.63, 3.8) is 0 Å². The molecule has 5 nitrogen and oxygen atoms in total. The van der Waals surface area contributed by atoms with E-state index >= 15 is 0 Å². The number of benzene rings is 1. The number of hydrogen-bond acceptors (Lipinski definition) is 3. The first kappa shape index (κ1) is 14.9. The number of hydrogen-bond donors (Lipinski definition) is 1. The van der Waals surface area contributed by atoms with Gasteiger partial charge in [-0.1, -0.05) is 0 Å². The van der Waals surface area contributed by atoms with Gasteiger partial charge < -0.3 is 5.11 Å². The second-order valence-corrected chi connectivity index (χ2v) is 7.03. The van der Waals surface area contributed by atoms with E-state index in [0.717, 1.165) is 0 Å². The Balaban J connectivity index is 2.23. The molecule has 0 unspecified atom stereocenters. The summed E-state index contributed by atoms with van der Waals surface area (Å²) in [5.41, 5.74) is 0.730. The van der Waals surface area contributed by atoms with Crippen LogP contribution in [0.4, 0.5) is 4.39 Å². The van der Waals surface area contributed by atoms with E-state index in [2.05, 4.69) is 0 Å². The Bertz CT molecular complexity index is 627. The minimum atomic E-state index is -3.68. The van der Waals surface area contributed by atoms with Gasteiger partial charge in [0.25, 0.3) is 0 Å². The maximum absolute atomic E-state index is 13.2. The Morgan fingerprint density at radius 3 is 2.30 bits per heavy atom. The van der Waals surface area contributed by atoms with Crippen molar-refractivity contribution in [3.05, 3.63) is 29.1 Å². The Morgan fingerprint density at radius 1 is 1.35 bits per heavy atom. The first-order valence-electron chi connectivity index (χ1n) is 6.20. The molecule has 0 aliphatic carbocycles. The molecule has 1 saturated heterocycles. The van der Waals surface area contributed by atoms with Crippen molar-refractivity contribution < 1.29 is 22.7 Å². The van der Waals surface area contributed by atoms with Gasteiger partial charge in [-0.3, -0.25) is 4.79 Å². The number of sulfonamides is 1. The van der Waals surface area contributed by atoms with Crippen LogP contribution in [0.2, 0.25) is 0 Å². The van der Waals surface area contributed by atoms with Crippen molar-refractivity contribution >= 4 is 16.0 Å². The summed E-state index contributed by atoms with van der Waals surface area (Å²) in [6, 6.07) is 2.38. The fourth-order valence-electron chi connectivity index (χ4n) is 2.53. The molecular weight excluding hydrogens is 285 g/mol. The van der Waals surface area contributed by atoms with Crippen LogP contribution < -0.4 is 0 Å². The maximum atomic E-state index is 13.2. The summed E-state index contributed by atoms with van der Waals surface area (Å²) in [4.78, 5) is 10.7. The third kappa shape index (κ3) is 2.69. The highest BCUT2D eigenvalue weighted by Gasteiger charge is 2.38. The van der Waals surface area contributed by atoms with Crippen LogP contribution in [0, 0.1) is 25.6 Å². The van der Waals surface area contributed by atoms with E-state index in [1.165, 1.54) is 16.4 Å². The number of halogens is 1. The fourth-order valence-corrected chi connectivity index (χ4v) is 4.53. The van der Waals surface area contributed by atoms with Crippen molar-refractivity contribution in [2.45, 2.75) is 25.2 Å². The minimum absolute atomic E-state index is 0.0343. The zero-order valence-corrected chi connectivity index (χ0v) is 12.1. The summed E-state index contributed by atoms with van der Waals surface area (Å²) in [6.07, 6.45) is -0.0343. The number of carboxylic acids is 1. The van der Waals surface area contributed by atoms with Crippen molar-refractivity contribution in [2.24, 2.45) is 5.92 Å². The molecule has 0 bridgehead atoms. The molecule has 1 fully saturated rings. The molecule has 1 heterocycles. The van der Waals surface area contributed by atoms with E-state index in [1.807, 2.05) is 0 Å². The van der Waals surface area contributed by atoms with Crippen LogP contribution in [0.5, 0.6) is 0 Å². The molecule has 0 saturated carbocycles. The van der Waals surface area contributed by atoms with Crippen LogP contribution in [-0.4, -0.2) is 36.9 Å². The van der Waals surface area contributed by atoms with Gasteiger partial charge in [0, 0.05) is 13.1 Å². The molecule has 110 valence electrons. The monoisotopic (exact) mass is 301 g/mol. The zero-order valence-electron chi connectivity index (χ0n) is 11.3. The number of rotatable bonds is 4. The molecule has 0 aromatic heterocycles. The van der Waals surface area contributed by atoms with Gasteiger partial charge in [-0.25, -0.2) is 12.8 Å². The van der Waals surface area contributed by atoms with Gasteiger partial charge in [0.2, 0.25) is 10.0 Å². The third-order valence-electron chi connectivity index (χ3n) is 3.41. The van der Waals surface area contributed by atoms with Gasteiger partial charge in [0.15, 0.2) is 0 Å². The van der Waals surface area contributed by atoms with Gasteiger partial charge in [0.05, 0.1) is 11.3 Å². The van der Waals surface area contributed by atoms with Crippen LogP contribution in [0.25, 0.3) is 0 Å². The lowest BCUT2D eigenvalue weighted by molar-refractivity contribution is -0.139. The lowest BCUT2D eigenvalue weighted by atomic mass is 10.00. The Labute approximate surface area is 117 Å². The van der Waals surface area contributed by atoms with Crippen LogP contribution in [0.3, 0.4) is 0 Å². The Kier molecular flexibility index (Phi) is 3.84. The quantitative estimate of drug-likeness (QED) is 0.915. The van der Waals surface area contributed by atoms with Crippen LogP contribution >= 0.6 is 0 Å². The van der Waals surface area contributed by atoms with Crippen LogP contribution in [-0.2, 0) is 14.8 Å². The number of aryl methyl sites for hydroxylation is 2. The molecule has 0 amide bonds. The SMILES string of the molecule is Cc1cc(F)cc(C)c1S(=O)(=O)N1CC(CC(=O)O)C1. The molecule has 20 heavy (non-hydrogen) atoms. The Hall–Kier alpha value is -1.47. The van der Waals surface area contributed by atoms with Crippen molar-refractivity contribution in [3.8, 4) is 0 Å². The second kappa shape index (κ2) is 5.14. The third-order valence-corrected chi connectivity index (χ3v) is 5.55. The topological polar surface area (TPSA) is 74.7 Å². The molecule has 0 atom stereocenters. The van der Waals surface area contributed by atoms with E-state index in [4.69, 9.17) is 5.11 Å². The van der Waals surface area contributed by atoms with Crippen LogP contribution in [0.1, 0.15) is 17.5 Å². The lowest BCUT2D eigenvalue weighted by Crippen LogP contribution is -2.50. The summed E-state index contributed by atoms with van der Waals surface area (Å²) in [5, 5.41) is 8.66. The highest BCUT2D eigenvalue weighted by atomic mass is 32.2. The predicted octanol–water partition coefficient (Wildman–Crippen LogP) is 1.54. The van der Waals surface area contributed by atoms with Crippen molar-refractivity contribution in [2.75, 3.05) is 13.1 Å². The average Bonchev–Trinajstić information content (AvgIpc) is 2.19. The average molecular weight is 301 g/mol. The minimum Gasteiger partial charge on any atom is -0.481 e. The van der Waals surface area contributed by atoms with Crippen LogP contribution in [0.15, 0.2) is 17.0 Å². The molecule has 1 N–H and O–H groups in total. The highest BCUT2D eigenvalue weighted by molar-refractivity contribution is 7.89. The summed E-state index contributed by atoms with van der Waals surface area (Å²) in [5.74, 6) is -1.55. The summed E-state index contributed by atoms with van der Waals surface area (Å²) < 4.78 is 39.4. The summed E-state index contributed by atoms with van der Waals surface area (Å²) in [7, 11) is -3.68. The van der Waals surface area contributed by atoms with E-state index in [1.54, 1.807) is 13.8 Å². The van der Waals surface area contributed by atoms with E-state index < -0.39 is 21.8 Å². The van der Waals surface area contributed by atoms with E-state index in [9.17, 15) is 17.6 Å². The molecular formula is C13H16FNO4S. The molecule has 1 aliphatic rings. The number of nitrogens with zero attached hydrogens (tertiary/aromatic N) is 1. The lowest BCUT2D eigenvalue weighted by Gasteiger charge is -2.37. The van der Waals surface area contributed by atoms with E-state index in [-0.39, 0.29) is 30.3 Å². The largest absolute Gasteiger partial charge is 0.481 e. The standard InChI is InChI=1S/C13H16FNO4S/c1-8-3-11(14)4-9(2)13(8)20(18,19)15-6-10(7-15)5-12(16)17/h3-4,10H,5-7H2,1-2H3,(H,16,17). The predicted molar refractivity (Wildman–Crippen MR) is 70.4 cm³/mol. The number of carbonyl (C=O) groups is 1. The van der Waals surface area contributed by atoms with Gasteiger partial charge in [-0.15, -0.1) is 0 Å². The Morgan fingerprint density at radius 2 is 1.85 bits per heavy atom. The van der Waals surface area contributed by atoms with Gasteiger partial charge in [-0.05, 0) is 43.0 Å². The molecule has 1 aliphatic heterocycles. The second-order valence-electron chi connectivity index (χ2n) is 5.15. The molecule has 1 aromatic rings. The number of carboxylic acid groups (broad SMARTS) is 1. The van der Waals surface area contributed by atoms with Gasteiger partial charge in [0.1, 0.15) is 5.82 Å². The highest BCUT2D eigenvalue weighted by Crippen LogP contribution is 2.30. The zero-order chi connectivity index (χ0) is 15.1. The smallest absolute Gasteiger partial charge is 0.303 e. The normalized spacial score (nSPS) is 16.9. The number of aliphatic carboxylic acids is 1. The molecule has 0 radical (unpaired) electrons. The first-order valence-corrected chi connectivity index (χ1v) is 7.64. The maximum Gasteiger partial charge on any atom is 0.303 e. The van der Waals surface area contributed by atoms with E-state index in [0.29, 0.717) is 11.1 Å². The molecule has 2 rings (SSSR count). The summed E-state index contributed by atoms with van der Waals surface area (Å²) in [6.45, 7) is 3.50. The summed E-state index contributed by atoms with van der Waals surface area (Å²) >= 11 is 0. The van der Waals surface area contributed by atoms with Crippen molar-refractivity contribution in [1.29, 1.82) is 0 Å². The van der Waals surface area contributed by atoms with Crippen molar-refractivity contribution in [1.82, 2.24) is 4.31 Å².